The first kappa shape index (κ1) is 20.3. The molecule has 0 aromatic heterocycles. The average Bonchev–Trinajstić information content (AvgIpc) is 2.66. The second-order valence-corrected chi connectivity index (χ2v) is 7.94. The molecule has 1 amide bonds. The van der Waals surface area contributed by atoms with Crippen LogP contribution in [-0.2, 0) is 4.79 Å². The highest BCUT2D eigenvalue weighted by Gasteiger charge is 2.36. The lowest BCUT2D eigenvalue weighted by Gasteiger charge is -2.38. The van der Waals surface area contributed by atoms with Crippen LogP contribution in [0.4, 0.5) is 0 Å². The van der Waals surface area contributed by atoms with Gasteiger partial charge in [-0.3, -0.25) is 4.79 Å². The topological polar surface area (TPSA) is 56.8 Å². The number of amides is 1. The van der Waals surface area contributed by atoms with E-state index in [1.54, 1.807) is 31.4 Å². The minimum Gasteiger partial charge on any atom is -0.497 e. The van der Waals surface area contributed by atoms with Gasteiger partial charge in [0, 0.05) is 17.0 Å². The number of fused-ring (bicyclic) bond motifs is 1. The minimum atomic E-state index is -0.596. The summed E-state index contributed by atoms with van der Waals surface area (Å²) < 4.78 is 17.3. The number of carbonyl (C=O) groups is 1. The van der Waals surface area contributed by atoms with Crippen LogP contribution in [0.5, 0.6) is 17.2 Å². The normalized spacial score (nSPS) is 18.4. The van der Waals surface area contributed by atoms with Crippen molar-refractivity contribution >= 4 is 17.5 Å². The van der Waals surface area contributed by atoms with Crippen LogP contribution in [0.15, 0.2) is 42.5 Å². The largest absolute Gasteiger partial charge is 0.497 e. The monoisotopic (exact) mass is 403 g/mol. The number of hydrogen-bond acceptors (Lipinski definition) is 4. The first-order valence-electron chi connectivity index (χ1n) is 9.41. The maximum Gasteiger partial charge on any atom is 0.261 e. The van der Waals surface area contributed by atoms with Crippen LogP contribution in [0, 0.1) is 0 Å². The zero-order valence-corrected chi connectivity index (χ0v) is 17.4. The Balaban J connectivity index is 1.79. The lowest BCUT2D eigenvalue weighted by atomic mass is 9.89. The fraction of sp³-hybridized carbons (Fsp3) is 0.409. The van der Waals surface area contributed by atoms with Gasteiger partial charge < -0.3 is 19.5 Å². The van der Waals surface area contributed by atoms with Crippen LogP contribution in [0.1, 0.15) is 45.2 Å². The third-order valence-corrected chi connectivity index (χ3v) is 5.00. The molecule has 0 aliphatic carbocycles. The second kappa shape index (κ2) is 8.31. The predicted octanol–water partition coefficient (Wildman–Crippen LogP) is 4.92. The standard InChI is InChI=1S/C22H26ClNO4/c1-5-19(27-15-8-6-14(23)7-9-15)21(25)24-18-13-22(2,3)28-20-11-10-16(26-4)12-17(18)20/h6-12,18-19H,5,13H2,1-4H3,(H,24,25)/t18-,19+/m1/s1. The molecule has 2 aromatic rings. The quantitative estimate of drug-likeness (QED) is 0.743. The van der Waals surface area contributed by atoms with Crippen LogP contribution < -0.4 is 19.5 Å². The summed E-state index contributed by atoms with van der Waals surface area (Å²) in [6.45, 7) is 5.95. The summed E-state index contributed by atoms with van der Waals surface area (Å²) in [7, 11) is 1.62. The fourth-order valence-corrected chi connectivity index (χ4v) is 3.48. The van der Waals surface area contributed by atoms with Gasteiger partial charge in [-0.2, -0.15) is 0 Å². The molecule has 1 N–H and O–H groups in total. The van der Waals surface area contributed by atoms with Crippen molar-refractivity contribution in [2.75, 3.05) is 7.11 Å². The van der Waals surface area contributed by atoms with E-state index in [1.165, 1.54) is 0 Å². The van der Waals surface area contributed by atoms with Crippen LogP contribution >= 0.6 is 11.6 Å². The molecule has 0 bridgehead atoms. The third-order valence-electron chi connectivity index (χ3n) is 4.75. The molecular formula is C22H26ClNO4. The van der Waals surface area contributed by atoms with Gasteiger partial charge in [0.1, 0.15) is 22.8 Å². The van der Waals surface area contributed by atoms with E-state index in [2.05, 4.69) is 5.32 Å². The number of carbonyl (C=O) groups excluding carboxylic acids is 1. The highest BCUT2D eigenvalue weighted by molar-refractivity contribution is 6.30. The summed E-state index contributed by atoms with van der Waals surface area (Å²) >= 11 is 5.92. The maximum absolute atomic E-state index is 13.0. The van der Waals surface area contributed by atoms with E-state index in [0.29, 0.717) is 23.6 Å². The average molecular weight is 404 g/mol. The van der Waals surface area contributed by atoms with Crippen molar-refractivity contribution in [2.24, 2.45) is 0 Å². The van der Waals surface area contributed by atoms with Gasteiger partial charge in [0.2, 0.25) is 0 Å². The molecule has 150 valence electrons. The van der Waals surface area contributed by atoms with Crippen LogP contribution in [0.2, 0.25) is 5.02 Å². The van der Waals surface area contributed by atoms with Gasteiger partial charge in [-0.25, -0.2) is 0 Å². The Morgan fingerprint density at radius 1 is 1.25 bits per heavy atom. The Morgan fingerprint density at radius 2 is 1.93 bits per heavy atom. The number of hydrogen-bond donors (Lipinski definition) is 1. The van der Waals surface area contributed by atoms with E-state index in [0.717, 1.165) is 17.1 Å². The number of methoxy groups -OCH3 is 1. The molecule has 28 heavy (non-hydrogen) atoms. The molecule has 1 aliphatic heterocycles. The van der Waals surface area contributed by atoms with Gasteiger partial charge in [0.05, 0.1) is 13.2 Å². The molecule has 0 unspecified atom stereocenters. The molecule has 6 heteroatoms. The van der Waals surface area contributed by atoms with Crippen LogP contribution in [-0.4, -0.2) is 24.7 Å². The van der Waals surface area contributed by atoms with Crippen molar-refractivity contribution in [3.8, 4) is 17.2 Å². The summed E-state index contributed by atoms with van der Waals surface area (Å²) in [5, 5.41) is 3.76. The number of benzene rings is 2. The molecule has 0 fully saturated rings. The fourth-order valence-electron chi connectivity index (χ4n) is 3.35. The van der Waals surface area contributed by atoms with Crippen LogP contribution in [0.25, 0.3) is 0 Å². The van der Waals surface area contributed by atoms with Crippen molar-refractivity contribution in [2.45, 2.75) is 51.4 Å². The molecule has 1 aliphatic rings. The van der Waals surface area contributed by atoms with E-state index < -0.39 is 11.7 Å². The van der Waals surface area contributed by atoms with Gasteiger partial charge in [0.15, 0.2) is 6.10 Å². The molecule has 2 atom stereocenters. The first-order chi connectivity index (χ1) is 13.3. The van der Waals surface area contributed by atoms with Crippen LogP contribution in [0.3, 0.4) is 0 Å². The summed E-state index contributed by atoms with van der Waals surface area (Å²) in [5.74, 6) is 1.94. The SMILES string of the molecule is CC[C@H](Oc1ccc(Cl)cc1)C(=O)N[C@@H]1CC(C)(C)Oc2ccc(OC)cc21. The first-order valence-corrected chi connectivity index (χ1v) is 9.78. The number of nitrogens with one attached hydrogen (secondary N) is 1. The minimum absolute atomic E-state index is 0.158. The molecule has 0 saturated carbocycles. The van der Waals surface area contributed by atoms with E-state index in [1.807, 2.05) is 39.0 Å². The maximum atomic E-state index is 13.0. The molecule has 1 heterocycles. The summed E-state index contributed by atoms with van der Waals surface area (Å²) in [6, 6.07) is 12.5. The lowest BCUT2D eigenvalue weighted by molar-refractivity contribution is -0.129. The molecule has 0 spiro atoms. The second-order valence-electron chi connectivity index (χ2n) is 7.50. The highest BCUT2D eigenvalue weighted by Crippen LogP contribution is 2.41. The Hall–Kier alpha value is -2.40. The number of rotatable bonds is 6. The van der Waals surface area contributed by atoms with Gasteiger partial charge in [-0.15, -0.1) is 0 Å². The Bertz CT molecular complexity index is 835. The van der Waals surface area contributed by atoms with E-state index in [4.69, 9.17) is 25.8 Å². The molecular weight excluding hydrogens is 378 g/mol. The number of ether oxygens (including phenoxy) is 3. The van der Waals surface area contributed by atoms with E-state index in [-0.39, 0.29) is 11.9 Å². The third kappa shape index (κ3) is 4.71. The zero-order chi connectivity index (χ0) is 20.3. The van der Waals surface area contributed by atoms with Crippen molar-refractivity contribution in [1.82, 2.24) is 5.32 Å². The van der Waals surface area contributed by atoms with E-state index in [9.17, 15) is 4.79 Å². The molecule has 2 aromatic carbocycles. The summed E-state index contributed by atoms with van der Waals surface area (Å²) in [6.07, 6.45) is 0.601. The van der Waals surface area contributed by atoms with Gasteiger partial charge in [-0.05, 0) is 62.7 Å². The van der Waals surface area contributed by atoms with Crippen molar-refractivity contribution in [3.05, 3.63) is 53.1 Å². The van der Waals surface area contributed by atoms with Crippen molar-refractivity contribution in [1.29, 1.82) is 0 Å². The Kier molecular flexibility index (Phi) is 6.04. The Morgan fingerprint density at radius 3 is 2.57 bits per heavy atom. The van der Waals surface area contributed by atoms with Crippen molar-refractivity contribution < 1.29 is 19.0 Å². The summed E-state index contributed by atoms with van der Waals surface area (Å²) in [4.78, 5) is 13.0. The molecule has 0 radical (unpaired) electrons. The van der Waals surface area contributed by atoms with Gasteiger partial charge in [-0.1, -0.05) is 18.5 Å². The van der Waals surface area contributed by atoms with Gasteiger partial charge >= 0.3 is 0 Å². The predicted molar refractivity (Wildman–Crippen MR) is 109 cm³/mol. The van der Waals surface area contributed by atoms with Crippen molar-refractivity contribution in [3.63, 3.8) is 0 Å². The number of halogens is 1. The lowest BCUT2D eigenvalue weighted by Crippen LogP contribution is -2.45. The van der Waals surface area contributed by atoms with E-state index >= 15 is 0 Å². The van der Waals surface area contributed by atoms with Gasteiger partial charge in [0.25, 0.3) is 5.91 Å². The smallest absolute Gasteiger partial charge is 0.261 e. The molecule has 0 saturated heterocycles. The summed E-state index contributed by atoms with van der Waals surface area (Å²) in [5.41, 5.74) is 0.520. The molecule has 3 rings (SSSR count). The highest BCUT2D eigenvalue weighted by atomic mass is 35.5. The molecule has 5 nitrogen and oxygen atoms in total. The zero-order valence-electron chi connectivity index (χ0n) is 16.6. The Labute approximate surface area is 170 Å².